The number of aromatic nitrogens is 6. The van der Waals surface area contributed by atoms with E-state index in [-0.39, 0.29) is 29.7 Å². The van der Waals surface area contributed by atoms with Crippen LogP contribution in [0.15, 0.2) is 45.1 Å². The maximum Gasteiger partial charge on any atom is 0.330 e. The second-order valence-electron chi connectivity index (χ2n) is 7.03. The van der Waals surface area contributed by atoms with Crippen molar-refractivity contribution < 1.29 is 4.79 Å². The Bertz CT molecular complexity index is 1170. The Morgan fingerprint density at radius 2 is 1.97 bits per heavy atom. The molecule has 11 nitrogen and oxygen atoms in total. The zero-order valence-electron chi connectivity index (χ0n) is 18.0. The second-order valence-corrected chi connectivity index (χ2v) is 7.97. The summed E-state index contributed by atoms with van der Waals surface area (Å²) in [5.74, 6) is -0.401. The number of nitrogens with two attached hydrogens (primary N) is 1. The number of nitrogen functional groups attached to an aromatic ring is 1. The summed E-state index contributed by atoms with van der Waals surface area (Å²) in [5, 5.41) is 11.9. The van der Waals surface area contributed by atoms with Crippen molar-refractivity contribution in [2.75, 3.05) is 16.4 Å². The number of rotatable bonds is 10. The van der Waals surface area contributed by atoms with E-state index in [1.807, 2.05) is 44.2 Å². The number of unbranched alkanes of at least 4 members (excludes halogenated alkanes) is 1. The number of thioether (sulfide) groups is 1. The largest absolute Gasteiger partial charge is 0.383 e. The Morgan fingerprint density at radius 3 is 2.66 bits per heavy atom. The minimum absolute atomic E-state index is 0.0137. The minimum atomic E-state index is -0.701. The predicted molar refractivity (Wildman–Crippen MR) is 122 cm³/mol. The van der Waals surface area contributed by atoms with E-state index in [1.54, 1.807) is 4.68 Å². The predicted octanol–water partition coefficient (Wildman–Crippen LogP) is 1.25. The summed E-state index contributed by atoms with van der Waals surface area (Å²) in [7, 11) is 0. The Kier molecular flexibility index (Phi) is 7.82. The molecule has 3 rings (SSSR count). The monoisotopic (exact) mass is 458 g/mol. The molecule has 1 amide bonds. The van der Waals surface area contributed by atoms with Gasteiger partial charge >= 0.3 is 5.69 Å². The van der Waals surface area contributed by atoms with E-state index in [0.717, 1.165) is 12.0 Å². The van der Waals surface area contributed by atoms with Gasteiger partial charge in [-0.1, -0.05) is 55.4 Å². The maximum absolute atomic E-state index is 13.3. The lowest BCUT2D eigenvalue weighted by Gasteiger charge is -2.24. The van der Waals surface area contributed by atoms with Gasteiger partial charge in [0.05, 0.1) is 12.3 Å². The molecule has 0 atom stereocenters. The molecule has 0 radical (unpaired) electrons. The molecule has 2 aromatic heterocycles. The number of carbonyl (C=O) groups is 1. The smallest absolute Gasteiger partial charge is 0.330 e. The van der Waals surface area contributed by atoms with Gasteiger partial charge in [0.15, 0.2) is 5.69 Å². The van der Waals surface area contributed by atoms with Crippen LogP contribution in [0.5, 0.6) is 0 Å². The summed E-state index contributed by atoms with van der Waals surface area (Å²) >= 11 is 1.17. The van der Waals surface area contributed by atoms with Crippen LogP contribution in [0, 0.1) is 0 Å². The highest BCUT2D eigenvalue weighted by Gasteiger charge is 2.25. The lowest BCUT2D eigenvalue weighted by molar-refractivity contribution is -0.116. The summed E-state index contributed by atoms with van der Waals surface area (Å²) in [4.78, 5) is 42.0. The summed E-state index contributed by atoms with van der Waals surface area (Å²) in [5.41, 5.74) is 5.75. The van der Waals surface area contributed by atoms with Crippen molar-refractivity contribution in [1.82, 2.24) is 29.8 Å². The third-order valence-electron chi connectivity index (χ3n) is 4.83. The molecular weight excluding hydrogens is 432 g/mol. The molecule has 0 spiro atoms. The molecule has 1 aromatic carbocycles. The van der Waals surface area contributed by atoms with Crippen LogP contribution >= 0.6 is 11.8 Å². The second kappa shape index (κ2) is 10.8. The van der Waals surface area contributed by atoms with Crippen LogP contribution in [-0.2, 0) is 24.4 Å². The zero-order valence-corrected chi connectivity index (χ0v) is 18.8. The van der Waals surface area contributed by atoms with Gasteiger partial charge in [0.25, 0.3) is 5.56 Å². The highest BCUT2D eigenvalue weighted by Crippen LogP contribution is 2.22. The molecule has 0 aliphatic heterocycles. The molecule has 12 heteroatoms. The number of aryl methyl sites for hydroxylation is 1. The standard InChI is InChI=1S/C20H26N8O3S/c1-3-5-11-26-17(21)16(18(30)22-19(26)31)27(12-14-9-7-6-8-10-14)15(29)13-32-20-23-24-25-28(20)4-2/h6-10H,3-5,11-13,21H2,1-2H3,(H,22,30,31). The number of tetrazole rings is 1. The van der Waals surface area contributed by atoms with Gasteiger partial charge < -0.3 is 5.73 Å². The summed E-state index contributed by atoms with van der Waals surface area (Å²) in [6.45, 7) is 4.91. The molecule has 0 bridgehead atoms. The molecule has 0 saturated heterocycles. The van der Waals surface area contributed by atoms with Gasteiger partial charge in [0.2, 0.25) is 11.1 Å². The zero-order chi connectivity index (χ0) is 23.1. The number of hydrogen-bond acceptors (Lipinski definition) is 8. The van der Waals surface area contributed by atoms with Crippen LogP contribution in [0.2, 0.25) is 0 Å². The normalized spacial score (nSPS) is 10.9. The van der Waals surface area contributed by atoms with Crippen LogP contribution in [-0.4, -0.2) is 41.4 Å². The fraction of sp³-hybridized carbons (Fsp3) is 0.400. The first-order valence-electron chi connectivity index (χ1n) is 10.3. The molecule has 0 aliphatic carbocycles. The van der Waals surface area contributed by atoms with Gasteiger partial charge in [0.1, 0.15) is 5.82 Å². The van der Waals surface area contributed by atoms with Gasteiger partial charge in [-0.15, -0.1) is 5.10 Å². The number of carbonyl (C=O) groups excluding carboxylic acids is 1. The van der Waals surface area contributed by atoms with Gasteiger partial charge in [-0.05, 0) is 29.3 Å². The van der Waals surface area contributed by atoms with Gasteiger partial charge in [0, 0.05) is 13.1 Å². The molecule has 0 aliphatic rings. The van der Waals surface area contributed by atoms with Crippen LogP contribution in [0.25, 0.3) is 0 Å². The number of amides is 1. The van der Waals surface area contributed by atoms with Crippen molar-refractivity contribution in [3.63, 3.8) is 0 Å². The van der Waals surface area contributed by atoms with Crippen molar-refractivity contribution in [3.8, 4) is 0 Å². The highest BCUT2D eigenvalue weighted by atomic mass is 32.2. The molecule has 2 heterocycles. The molecular formula is C20H26N8O3S. The van der Waals surface area contributed by atoms with Crippen molar-refractivity contribution in [1.29, 1.82) is 0 Å². The number of nitrogens with one attached hydrogen (secondary N) is 1. The van der Waals surface area contributed by atoms with E-state index in [4.69, 9.17) is 5.73 Å². The number of H-pyrrole nitrogens is 1. The molecule has 0 unspecified atom stereocenters. The number of aromatic amines is 1. The van der Waals surface area contributed by atoms with E-state index < -0.39 is 11.2 Å². The Hall–Kier alpha value is -3.41. The van der Waals surface area contributed by atoms with Crippen molar-refractivity contribution in [2.24, 2.45) is 0 Å². The first kappa shape index (κ1) is 23.3. The minimum Gasteiger partial charge on any atom is -0.383 e. The number of hydrogen-bond donors (Lipinski definition) is 2. The maximum atomic E-state index is 13.3. The molecule has 0 saturated carbocycles. The summed E-state index contributed by atoms with van der Waals surface area (Å²) in [6, 6.07) is 9.25. The molecule has 3 aromatic rings. The van der Waals surface area contributed by atoms with Crippen LogP contribution in [0.1, 0.15) is 32.3 Å². The highest BCUT2D eigenvalue weighted by molar-refractivity contribution is 7.99. The molecule has 32 heavy (non-hydrogen) atoms. The van der Waals surface area contributed by atoms with Gasteiger partial charge in [-0.3, -0.25) is 24.0 Å². The fourth-order valence-corrected chi connectivity index (χ4v) is 3.95. The Labute approximate surface area is 188 Å². The summed E-state index contributed by atoms with van der Waals surface area (Å²) < 4.78 is 2.88. The lowest BCUT2D eigenvalue weighted by Crippen LogP contribution is -2.41. The van der Waals surface area contributed by atoms with Crippen LogP contribution in [0.4, 0.5) is 11.5 Å². The third-order valence-corrected chi connectivity index (χ3v) is 5.77. The number of nitrogens with zero attached hydrogens (tertiary/aromatic N) is 6. The van der Waals surface area contributed by atoms with Gasteiger partial charge in [-0.25, -0.2) is 9.48 Å². The quantitative estimate of drug-likeness (QED) is 0.432. The van der Waals surface area contributed by atoms with E-state index in [1.165, 1.54) is 21.2 Å². The van der Waals surface area contributed by atoms with Crippen LogP contribution < -0.4 is 21.9 Å². The van der Waals surface area contributed by atoms with E-state index in [2.05, 4.69) is 20.5 Å². The summed E-state index contributed by atoms with van der Waals surface area (Å²) in [6.07, 6.45) is 1.55. The fourth-order valence-electron chi connectivity index (χ4n) is 3.14. The Balaban J connectivity index is 1.98. The van der Waals surface area contributed by atoms with Crippen molar-refractivity contribution in [3.05, 3.63) is 56.7 Å². The average Bonchev–Trinajstić information content (AvgIpc) is 3.25. The van der Waals surface area contributed by atoms with Gasteiger partial charge in [-0.2, -0.15) is 0 Å². The Morgan fingerprint density at radius 1 is 1.22 bits per heavy atom. The molecule has 170 valence electrons. The van der Waals surface area contributed by atoms with Crippen molar-refractivity contribution in [2.45, 2.75) is 51.5 Å². The van der Waals surface area contributed by atoms with E-state index >= 15 is 0 Å². The first-order valence-corrected chi connectivity index (χ1v) is 11.3. The topological polar surface area (TPSA) is 145 Å². The third kappa shape index (κ3) is 5.25. The average molecular weight is 459 g/mol. The number of benzene rings is 1. The lowest BCUT2D eigenvalue weighted by atomic mass is 10.2. The van der Waals surface area contributed by atoms with Crippen LogP contribution in [0.3, 0.4) is 0 Å². The van der Waals surface area contributed by atoms with E-state index in [0.29, 0.717) is 24.7 Å². The molecule has 3 N–H and O–H groups in total. The molecule has 0 fully saturated rings. The SMILES string of the molecule is CCCCn1c(N)c(N(Cc2ccccc2)C(=O)CSc2nnnn2CC)c(=O)[nH]c1=O. The first-order chi connectivity index (χ1) is 15.5. The van der Waals surface area contributed by atoms with Crippen molar-refractivity contribution >= 4 is 29.2 Å². The number of anilines is 2. The van der Waals surface area contributed by atoms with E-state index in [9.17, 15) is 14.4 Å².